The number of hydrogen-bond acceptors (Lipinski definition) is 3. The molecule has 1 heterocycles. The van der Waals surface area contributed by atoms with Crippen LogP contribution >= 0.6 is 0 Å². The molecule has 0 bridgehead atoms. The number of rotatable bonds is 4. The summed E-state index contributed by atoms with van der Waals surface area (Å²) in [6.07, 6.45) is 3.08. The highest BCUT2D eigenvalue weighted by Gasteiger charge is 2.12. The fourth-order valence-electron chi connectivity index (χ4n) is 2.06. The molecular weight excluding hydrogens is 214 g/mol. The van der Waals surface area contributed by atoms with Crippen molar-refractivity contribution in [1.82, 2.24) is 0 Å². The number of hydrogen-bond donors (Lipinski definition) is 1. The summed E-state index contributed by atoms with van der Waals surface area (Å²) in [5.74, 6) is 2.30. The van der Waals surface area contributed by atoms with Crippen LogP contribution in [-0.4, -0.2) is 19.8 Å². The molecule has 2 rings (SSSR count). The zero-order valence-electron chi connectivity index (χ0n) is 10.4. The fourth-order valence-corrected chi connectivity index (χ4v) is 2.06. The molecule has 3 heteroatoms. The smallest absolute Gasteiger partial charge is 0.161 e. The lowest BCUT2D eigenvalue weighted by Crippen LogP contribution is -2.15. The predicted octanol–water partition coefficient (Wildman–Crippen LogP) is 2.38. The van der Waals surface area contributed by atoms with E-state index in [-0.39, 0.29) is 0 Å². The summed E-state index contributed by atoms with van der Waals surface area (Å²) in [6.45, 7) is 4.41. The fraction of sp³-hybridized carbons (Fsp3) is 0.571. The van der Waals surface area contributed by atoms with Gasteiger partial charge in [-0.25, -0.2) is 0 Å². The SMILES string of the molecule is CCC(CN)Cc1ccc2c(c1)OCCCO2. The van der Waals surface area contributed by atoms with E-state index in [1.165, 1.54) is 5.56 Å². The van der Waals surface area contributed by atoms with E-state index in [1.54, 1.807) is 0 Å². The Hall–Kier alpha value is -1.22. The van der Waals surface area contributed by atoms with Crippen molar-refractivity contribution in [3.05, 3.63) is 23.8 Å². The summed E-state index contributed by atoms with van der Waals surface area (Å²) < 4.78 is 11.3. The van der Waals surface area contributed by atoms with Crippen molar-refractivity contribution < 1.29 is 9.47 Å². The average Bonchev–Trinajstić information content (AvgIpc) is 2.60. The molecule has 1 atom stereocenters. The predicted molar refractivity (Wildman–Crippen MR) is 68.6 cm³/mol. The molecule has 0 saturated carbocycles. The Bertz CT molecular complexity index is 361. The van der Waals surface area contributed by atoms with Gasteiger partial charge in [0.15, 0.2) is 11.5 Å². The van der Waals surface area contributed by atoms with Crippen LogP contribution in [0, 0.1) is 5.92 Å². The first-order valence-corrected chi connectivity index (χ1v) is 6.42. The standard InChI is InChI=1S/C14H21NO2/c1-2-11(10-15)8-12-4-5-13-14(9-12)17-7-3-6-16-13/h4-5,9,11H,2-3,6-8,10,15H2,1H3. The number of ether oxygens (including phenoxy) is 2. The van der Waals surface area contributed by atoms with Gasteiger partial charge < -0.3 is 15.2 Å². The Balaban J connectivity index is 2.12. The Morgan fingerprint density at radius 3 is 2.71 bits per heavy atom. The maximum atomic E-state index is 5.74. The molecule has 1 aliphatic heterocycles. The summed E-state index contributed by atoms with van der Waals surface area (Å²) in [4.78, 5) is 0. The molecule has 0 spiro atoms. The van der Waals surface area contributed by atoms with Crippen LogP contribution in [0.2, 0.25) is 0 Å². The highest BCUT2D eigenvalue weighted by atomic mass is 16.5. The zero-order valence-corrected chi connectivity index (χ0v) is 10.4. The minimum atomic E-state index is 0.555. The lowest BCUT2D eigenvalue weighted by atomic mass is 9.97. The van der Waals surface area contributed by atoms with E-state index in [0.717, 1.165) is 50.5 Å². The molecule has 0 aliphatic carbocycles. The van der Waals surface area contributed by atoms with Crippen LogP contribution in [0.15, 0.2) is 18.2 Å². The summed E-state index contributed by atoms with van der Waals surface area (Å²) in [6, 6.07) is 6.23. The lowest BCUT2D eigenvalue weighted by molar-refractivity contribution is 0.297. The molecule has 0 saturated heterocycles. The first-order chi connectivity index (χ1) is 8.33. The largest absolute Gasteiger partial charge is 0.490 e. The van der Waals surface area contributed by atoms with Gasteiger partial charge in [-0.15, -0.1) is 0 Å². The molecule has 0 amide bonds. The second kappa shape index (κ2) is 5.92. The van der Waals surface area contributed by atoms with Gasteiger partial charge in [-0.3, -0.25) is 0 Å². The van der Waals surface area contributed by atoms with Crippen molar-refractivity contribution in [3.8, 4) is 11.5 Å². The number of benzene rings is 1. The van der Waals surface area contributed by atoms with Crippen molar-refractivity contribution in [2.24, 2.45) is 11.7 Å². The van der Waals surface area contributed by atoms with Crippen LogP contribution < -0.4 is 15.2 Å². The van der Waals surface area contributed by atoms with Gasteiger partial charge in [-0.2, -0.15) is 0 Å². The van der Waals surface area contributed by atoms with Crippen molar-refractivity contribution in [1.29, 1.82) is 0 Å². The second-order valence-electron chi connectivity index (χ2n) is 4.55. The lowest BCUT2D eigenvalue weighted by Gasteiger charge is -2.14. The summed E-state index contributed by atoms with van der Waals surface area (Å²) in [5, 5.41) is 0. The molecule has 3 nitrogen and oxygen atoms in total. The van der Waals surface area contributed by atoms with E-state index < -0.39 is 0 Å². The molecule has 94 valence electrons. The zero-order chi connectivity index (χ0) is 12.1. The minimum absolute atomic E-state index is 0.555. The monoisotopic (exact) mass is 235 g/mol. The maximum Gasteiger partial charge on any atom is 0.161 e. The average molecular weight is 235 g/mol. The first-order valence-electron chi connectivity index (χ1n) is 6.42. The van der Waals surface area contributed by atoms with Crippen molar-refractivity contribution >= 4 is 0 Å². The highest BCUT2D eigenvalue weighted by Crippen LogP contribution is 2.31. The Labute approximate surface area is 103 Å². The first kappa shape index (κ1) is 12.2. The van der Waals surface area contributed by atoms with Gasteiger partial charge in [0.25, 0.3) is 0 Å². The Morgan fingerprint density at radius 2 is 2.00 bits per heavy atom. The second-order valence-corrected chi connectivity index (χ2v) is 4.55. The summed E-state index contributed by atoms with van der Waals surface area (Å²) in [7, 11) is 0. The number of nitrogens with two attached hydrogens (primary N) is 1. The van der Waals surface area contributed by atoms with Gasteiger partial charge in [0.05, 0.1) is 13.2 Å². The van der Waals surface area contributed by atoms with E-state index in [4.69, 9.17) is 15.2 Å². The summed E-state index contributed by atoms with van der Waals surface area (Å²) >= 11 is 0. The molecule has 0 radical (unpaired) electrons. The van der Waals surface area contributed by atoms with Gasteiger partial charge in [0.1, 0.15) is 0 Å². The van der Waals surface area contributed by atoms with Crippen LogP contribution in [0.5, 0.6) is 11.5 Å². The van der Waals surface area contributed by atoms with Gasteiger partial charge in [0, 0.05) is 6.42 Å². The van der Waals surface area contributed by atoms with Crippen molar-refractivity contribution in [3.63, 3.8) is 0 Å². The van der Waals surface area contributed by atoms with Crippen molar-refractivity contribution in [2.75, 3.05) is 19.8 Å². The Kier molecular flexibility index (Phi) is 4.26. The summed E-state index contributed by atoms with van der Waals surface area (Å²) in [5.41, 5.74) is 7.02. The Morgan fingerprint density at radius 1 is 1.24 bits per heavy atom. The molecule has 0 fully saturated rings. The quantitative estimate of drug-likeness (QED) is 0.871. The third kappa shape index (κ3) is 3.13. The van der Waals surface area contributed by atoms with Gasteiger partial charge in [-0.05, 0) is 36.6 Å². The molecule has 2 N–H and O–H groups in total. The molecule has 17 heavy (non-hydrogen) atoms. The topological polar surface area (TPSA) is 44.5 Å². The van der Waals surface area contributed by atoms with Gasteiger partial charge in [0.2, 0.25) is 0 Å². The van der Waals surface area contributed by atoms with Crippen LogP contribution in [0.4, 0.5) is 0 Å². The van der Waals surface area contributed by atoms with E-state index in [0.29, 0.717) is 5.92 Å². The van der Waals surface area contributed by atoms with Crippen LogP contribution in [0.25, 0.3) is 0 Å². The van der Waals surface area contributed by atoms with Crippen LogP contribution in [0.1, 0.15) is 25.3 Å². The molecule has 1 unspecified atom stereocenters. The highest BCUT2D eigenvalue weighted by molar-refractivity contribution is 5.43. The third-order valence-electron chi connectivity index (χ3n) is 3.25. The molecule has 1 aliphatic rings. The van der Waals surface area contributed by atoms with E-state index >= 15 is 0 Å². The van der Waals surface area contributed by atoms with E-state index in [1.807, 2.05) is 6.07 Å². The van der Waals surface area contributed by atoms with Gasteiger partial charge in [-0.1, -0.05) is 19.4 Å². The minimum Gasteiger partial charge on any atom is -0.490 e. The maximum absolute atomic E-state index is 5.74. The van der Waals surface area contributed by atoms with E-state index in [2.05, 4.69) is 19.1 Å². The molecule has 0 aromatic heterocycles. The number of fused-ring (bicyclic) bond motifs is 1. The molecular formula is C14H21NO2. The van der Waals surface area contributed by atoms with Crippen LogP contribution in [-0.2, 0) is 6.42 Å². The molecule has 1 aromatic rings. The van der Waals surface area contributed by atoms with E-state index in [9.17, 15) is 0 Å². The van der Waals surface area contributed by atoms with Crippen molar-refractivity contribution in [2.45, 2.75) is 26.2 Å². The van der Waals surface area contributed by atoms with Crippen LogP contribution in [0.3, 0.4) is 0 Å². The third-order valence-corrected chi connectivity index (χ3v) is 3.25. The normalized spacial score (nSPS) is 16.4. The molecule has 1 aromatic carbocycles. The van der Waals surface area contributed by atoms with Gasteiger partial charge >= 0.3 is 0 Å².